The van der Waals surface area contributed by atoms with Crippen LogP contribution in [0.2, 0.25) is 0 Å². The van der Waals surface area contributed by atoms with E-state index in [-0.39, 0.29) is 10.8 Å². The van der Waals surface area contributed by atoms with E-state index in [2.05, 4.69) is 5.32 Å². The molecule has 1 N–H and O–H groups in total. The lowest BCUT2D eigenvalue weighted by atomic mass is 9.83. The molecule has 1 fully saturated rings. The lowest BCUT2D eigenvalue weighted by molar-refractivity contribution is 0.438. The molecule has 0 aliphatic carbocycles. The lowest BCUT2D eigenvalue weighted by Crippen LogP contribution is -2.18. The van der Waals surface area contributed by atoms with Crippen molar-refractivity contribution in [1.82, 2.24) is 5.32 Å². The van der Waals surface area contributed by atoms with Gasteiger partial charge in [0.1, 0.15) is 5.82 Å². The highest BCUT2D eigenvalue weighted by Crippen LogP contribution is 2.36. The standard InChI is InChI=1S/C13H17ClFNO2S/c1-2-11(9-5-6-16-8-9)12-7-10(15)3-4-13(12)19(14,17)18/h3-4,7,9,11,16H,2,5-6,8H2,1H3/t9-,11+/m0/s1. The highest BCUT2D eigenvalue weighted by Gasteiger charge is 2.29. The van der Waals surface area contributed by atoms with Crippen molar-refractivity contribution in [3.8, 4) is 0 Å². The van der Waals surface area contributed by atoms with Crippen LogP contribution in [0.1, 0.15) is 31.2 Å². The van der Waals surface area contributed by atoms with Crippen LogP contribution in [0, 0.1) is 11.7 Å². The summed E-state index contributed by atoms with van der Waals surface area (Å²) in [6, 6.07) is 3.71. The first-order valence-electron chi connectivity index (χ1n) is 6.38. The van der Waals surface area contributed by atoms with Gasteiger partial charge in [0.15, 0.2) is 0 Å². The van der Waals surface area contributed by atoms with E-state index in [9.17, 15) is 12.8 Å². The van der Waals surface area contributed by atoms with Crippen LogP contribution in [0.5, 0.6) is 0 Å². The van der Waals surface area contributed by atoms with Gasteiger partial charge in [0.2, 0.25) is 0 Å². The van der Waals surface area contributed by atoms with Gasteiger partial charge in [0.25, 0.3) is 9.05 Å². The van der Waals surface area contributed by atoms with Gasteiger partial charge in [-0.3, -0.25) is 0 Å². The Bertz CT molecular complexity index is 556. The molecule has 2 rings (SSSR count). The largest absolute Gasteiger partial charge is 0.316 e. The van der Waals surface area contributed by atoms with Crippen LogP contribution in [-0.4, -0.2) is 21.5 Å². The van der Waals surface area contributed by atoms with Crippen molar-refractivity contribution < 1.29 is 12.8 Å². The van der Waals surface area contributed by atoms with E-state index in [1.165, 1.54) is 12.1 Å². The van der Waals surface area contributed by atoms with Gasteiger partial charge in [-0.1, -0.05) is 6.92 Å². The zero-order chi connectivity index (χ0) is 14.0. The molecule has 1 aromatic carbocycles. The molecule has 2 atom stereocenters. The van der Waals surface area contributed by atoms with E-state index in [0.717, 1.165) is 32.0 Å². The smallest absolute Gasteiger partial charge is 0.261 e. The summed E-state index contributed by atoms with van der Waals surface area (Å²) in [7, 11) is 1.61. The van der Waals surface area contributed by atoms with Crippen molar-refractivity contribution in [2.75, 3.05) is 13.1 Å². The molecule has 1 aliphatic heterocycles. The summed E-state index contributed by atoms with van der Waals surface area (Å²) in [5.41, 5.74) is 0.506. The average Bonchev–Trinajstić information content (AvgIpc) is 2.82. The highest BCUT2D eigenvalue weighted by atomic mass is 35.7. The second-order valence-corrected chi connectivity index (χ2v) is 7.42. The van der Waals surface area contributed by atoms with Gasteiger partial charge >= 0.3 is 0 Å². The van der Waals surface area contributed by atoms with Gasteiger partial charge in [-0.15, -0.1) is 0 Å². The second-order valence-electron chi connectivity index (χ2n) is 4.89. The summed E-state index contributed by atoms with van der Waals surface area (Å²) >= 11 is 0. The molecule has 3 nitrogen and oxygen atoms in total. The zero-order valence-electron chi connectivity index (χ0n) is 10.7. The summed E-state index contributed by atoms with van der Waals surface area (Å²) in [5.74, 6) is -0.0957. The highest BCUT2D eigenvalue weighted by molar-refractivity contribution is 8.13. The first-order valence-corrected chi connectivity index (χ1v) is 8.69. The van der Waals surface area contributed by atoms with E-state index in [0.29, 0.717) is 11.5 Å². The summed E-state index contributed by atoms with van der Waals surface area (Å²) in [5, 5.41) is 3.25. The molecule has 1 aromatic rings. The Morgan fingerprint density at radius 3 is 2.79 bits per heavy atom. The Hall–Kier alpha value is -0.650. The molecule has 1 heterocycles. The molecule has 6 heteroatoms. The van der Waals surface area contributed by atoms with Crippen LogP contribution in [-0.2, 0) is 9.05 Å². The van der Waals surface area contributed by atoms with Crippen molar-refractivity contribution in [3.05, 3.63) is 29.6 Å². The monoisotopic (exact) mass is 305 g/mol. The van der Waals surface area contributed by atoms with Crippen LogP contribution in [0.3, 0.4) is 0 Å². The maximum absolute atomic E-state index is 13.5. The van der Waals surface area contributed by atoms with E-state index < -0.39 is 14.9 Å². The Labute approximate surface area is 117 Å². The molecule has 106 valence electrons. The SMILES string of the molecule is CC[C@@H](c1cc(F)ccc1S(=O)(=O)Cl)[C@H]1CCNC1. The molecule has 0 radical (unpaired) electrons. The normalized spacial score (nSPS) is 21.5. The molecule has 0 bridgehead atoms. The quantitative estimate of drug-likeness (QED) is 0.870. The third-order valence-corrected chi connectivity index (χ3v) is 5.14. The number of benzene rings is 1. The number of nitrogens with one attached hydrogen (secondary N) is 1. The molecular formula is C13H17ClFNO2S. The average molecular weight is 306 g/mol. The zero-order valence-corrected chi connectivity index (χ0v) is 12.3. The van der Waals surface area contributed by atoms with Gasteiger partial charge in [0.05, 0.1) is 4.90 Å². The number of hydrogen-bond donors (Lipinski definition) is 1. The number of halogens is 2. The Balaban J connectivity index is 2.49. The molecule has 19 heavy (non-hydrogen) atoms. The molecule has 1 aliphatic rings. The van der Waals surface area contributed by atoms with Crippen molar-refractivity contribution in [2.24, 2.45) is 5.92 Å². The van der Waals surface area contributed by atoms with Gasteiger partial charge in [-0.25, -0.2) is 12.8 Å². The summed E-state index contributed by atoms with van der Waals surface area (Å²) < 4.78 is 36.7. The fourth-order valence-electron chi connectivity index (χ4n) is 2.86. The number of hydrogen-bond acceptors (Lipinski definition) is 3. The topological polar surface area (TPSA) is 46.2 Å². The van der Waals surface area contributed by atoms with E-state index in [4.69, 9.17) is 10.7 Å². The fourth-order valence-corrected chi connectivity index (χ4v) is 4.00. The Morgan fingerprint density at radius 1 is 1.53 bits per heavy atom. The molecule has 0 saturated carbocycles. The number of rotatable bonds is 4. The minimum absolute atomic E-state index is 0.00854. The van der Waals surface area contributed by atoms with Crippen LogP contribution < -0.4 is 5.32 Å². The maximum Gasteiger partial charge on any atom is 0.261 e. The van der Waals surface area contributed by atoms with Gasteiger partial charge in [-0.05, 0) is 61.5 Å². The van der Waals surface area contributed by atoms with Crippen LogP contribution in [0.15, 0.2) is 23.1 Å². The van der Waals surface area contributed by atoms with E-state index in [1.54, 1.807) is 0 Å². The lowest BCUT2D eigenvalue weighted by Gasteiger charge is -2.23. The Kier molecular flexibility index (Phi) is 4.48. The first-order chi connectivity index (χ1) is 8.93. The van der Waals surface area contributed by atoms with Crippen molar-refractivity contribution in [1.29, 1.82) is 0 Å². The van der Waals surface area contributed by atoms with Crippen molar-refractivity contribution >= 4 is 19.7 Å². The molecule has 0 aromatic heterocycles. The molecule has 0 spiro atoms. The third kappa shape index (κ3) is 3.27. The fraction of sp³-hybridized carbons (Fsp3) is 0.538. The van der Waals surface area contributed by atoms with Gasteiger partial charge in [0, 0.05) is 10.7 Å². The molecular weight excluding hydrogens is 289 g/mol. The summed E-state index contributed by atoms with van der Waals surface area (Å²) in [6.07, 6.45) is 1.73. The Morgan fingerprint density at radius 2 is 2.26 bits per heavy atom. The van der Waals surface area contributed by atoms with Gasteiger partial charge in [-0.2, -0.15) is 0 Å². The molecule has 1 saturated heterocycles. The van der Waals surface area contributed by atoms with Crippen LogP contribution >= 0.6 is 10.7 Å². The van der Waals surface area contributed by atoms with Crippen LogP contribution in [0.25, 0.3) is 0 Å². The van der Waals surface area contributed by atoms with Gasteiger partial charge < -0.3 is 5.32 Å². The molecule has 0 amide bonds. The predicted octanol–water partition coefficient (Wildman–Crippen LogP) is 2.86. The predicted molar refractivity (Wildman–Crippen MR) is 73.4 cm³/mol. The minimum atomic E-state index is -3.85. The third-order valence-electron chi connectivity index (χ3n) is 3.74. The molecule has 0 unspecified atom stereocenters. The van der Waals surface area contributed by atoms with Crippen LogP contribution in [0.4, 0.5) is 4.39 Å². The van der Waals surface area contributed by atoms with E-state index >= 15 is 0 Å². The maximum atomic E-state index is 13.5. The summed E-state index contributed by atoms with van der Waals surface area (Å²) in [4.78, 5) is 0.0364. The van der Waals surface area contributed by atoms with E-state index in [1.807, 2.05) is 6.92 Å². The minimum Gasteiger partial charge on any atom is -0.316 e. The first kappa shape index (κ1) is 14.8. The van der Waals surface area contributed by atoms with Crippen molar-refractivity contribution in [2.45, 2.75) is 30.6 Å². The van der Waals surface area contributed by atoms with Crippen molar-refractivity contribution in [3.63, 3.8) is 0 Å². The summed E-state index contributed by atoms with van der Waals surface area (Å²) in [6.45, 7) is 3.73. The second kappa shape index (κ2) is 5.77.